The summed E-state index contributed by atoms with van der Waals surface area (Å²) in [5.41, 5.74) is 0.959. The van der Waals surface area contributed by atoms with Gasteiger partial charge in [-0.25, -0.2) is 0 Å². The molecular weight excluding hydrogens is 310 g/mol. The van der Waals surface area contributed by atoms with Crippen LogP contribution in [-0.4, -0.2) is 35.0 Å². The Bertz CT molecular complexity index is 471. The number of rotatable bonds is 3. The van der Waals surface area contributed by atoms with Gasteiger partial charge in [-0.15, -0.1) is 0 Å². The van der Waals surface area contributed by atoms with E-state index in [1.54, 1.807) is 6.07 Å². The summed E-state index contributed by atoms with van der Waals surface area (Å²) < 4.78 is 0.740. The lowest BCUT2D eigenvalue weighted by molar-refractivity contribution is -0.385. The standard InChI is InChI=1S/C13H18BrN3O2/c1-9-6-15-7-10(2)16(9)8-11-3-4-12(14)5-13(11)17(18)19/h3-5,9-10,15H,6-8H2,1-2H3. The lowest BCUT2D eigenvalue weighted by atomic mass is 10.1. The number of hydrogen-bond acceptors (Lipinski definition) is 4. The van der Waals surface area contributed by atoms with Crippen molar-refractivity contribution in [3.8, 4) is 0 Å². The smallest absolute Gasteiger partial charge is 0.275 e. The van der Waals surface area contributed by atoms with Crippen molar-refractivity contribution < 1.29 is 4.92 Å². The third kappa shape index (κ3) is 3.32. The van der Waals surface area contributed by atoms with Crippen molar-refractivity contribution in [3.05, 3.63) is 38.3 Å². The number of hydrogen-bond donors (Lipinski definition) is 1. The predicted molar refractivity (Wildman–Crippen MR) is 78.1 cm³/mol. The number of benzene rings is 1. The van der Waals surface area contributed by atoms with E-state index in [0.29, 0.717) is 18.6 Å². The van der Waals surface area contributed by atoms with E-state index in [2.05, 4.69) is 40.0 Å². The average molecular weight is 328 g/mol. The number of piperazine rings is 1. The molecule has 0 saturated carbocycles. The van der Waals surface area contributed by atoms with Crippen LogP contribution in [0.3, 0.4) is 0 Å². The molecule has 0 radical (unpaired) electrons. The highest BCUT2D eigenvalue weighted by Crippen LogP contribution is 2.26. The molecule has 2 rings (SSSR count). The lowest BCUT2D eigenvalue weighted by Crippen LogP contribution is -2.54. The minimum Gasteiger partial charge on any atom is -0.314 e. The first-order valence-corrected chi connectivity index (χ1v) is 7.17. The summed E-state index contributed by atoms with van der Waals surface area (Å²) in [6.45, 7) is 6.76. The second kappa shape index (κ2) is 5.98. The quantitative estimate of drug-likeness (QED) is 0.684. The molecule has 2 unspecified atom stereocenters. The van der Waals surface area contributed by atoms with E-state index in [4.69, 9.17) is 0 Å². The average Bonchev–Trinajstić information content (AvgIpc) is 2.35. The van der Waals surface area contributed by atoms with Crippen LogP contribution in [0.4, 0.5) is 5.69 Å². The molecule has 2 atom stereocenters. The molecule has 5 nitrogen and oxygen atoms in total. The number of nitro benzene ring substituents is 1. The topological polar surface area (TPSA) is 58.4 Å². The molecular formula is C13H18BrN3O2. The van der Waals surface area contributed by atoms with Crippen LogP contribution in [0.5, 0.6) is 0 Å². The molecule has 0 aliphatic carbocycles. The fraction of sp³-hybridized carbons (Fsp3) is 0.538. The SMILES string of the molecule is CC1CNCC(C)N1Cc1ccc(Br)cc1[N+](=O)[O-]. The van der Waals surface area contributed by atoms with Gasteiger partial charge in [-0.2, -0.15) is 0 Å². The summed E-state index contributed by atoms with van der Waals surface area (Å²) in [5.74, 6) is 0. The van der Waals surface area contributed by atoms with E-state index in [1.165, 1.54) is 0 Å². The predicted octanol–water partition coefficient (Wildman–Crippen LogP) is 2.54. The van der Waals surface area contributed by atoms with Crippen molar-refractivity contribution in [1.29, 1.82) is 0 Å². The van der Waals surface area contributed by atoms with Crippen LogP contribution in [0, 0.1) is 10.1 Å². The summed E-state index contributed by atoms with van der Waals surface area (Å²) in [7, 11) is 0. The van der Waals surface area contributed by atoms with E-state index in [9.17, 15) is 10.1 Å². The Morgan fingerprint density at radius 1 is 1.42 bits per heavy atom. The van der Waals surface area contributed by atoms with Crippen LogP contribution >= 0.6 is 15.9 Å². The molecule has 19 heavy (non-hydrogen) atoms. The van der Waals surface area contributed by atoms with Crippen molar-refractivity contribution in [2.24, 2.45) is 0 Å². The van der Waals surface area contributed by atoms with Crippen LogP contribution in [0.25, 0.3) is 0 Å². The van der Waals surface area contributed by atoms with Crippen LogP contribution in [-0.2, 0) is 6.54 Å². The van der Waals surface area contributed by atoms with Crippen LogP contribution in [0.15, 0.2) is 22.7 Å². The van der Waals surface area contributed by atoms with Crippen molar-refractivity contribution in [3.63, 3.8) is 0 Å². The fourth-order valence-corrected chi connectivity index (χ4v) is 2.87. The van der Waals surface area contributed by atoms with Gasteiger partial charge in [0.15, 0.2) is 0 Å². The van der Waals surface area contributed by atoms with E-state index in [1.807, 2.05) is 12.1 Å². The van der Waals surface area contributed by atoms with Crippen molar-refractivity contribution in [1.82, 2.24) is 10.2 Å². The van der Waals surface area contributed by atoms with Gasteiger partial charge in [-0.05, 0) is 26.0 Å². The Labute approximate surface area is 121 Å². The Morgan fingerprint density at radius 3 is 2.63 bits per heavy atom. The fourth-order valence-electron chi connectivity index (χ4n) is 2.52. The maximum atomic E-state index is 11.1. The summed E-state index contributed by atoms with van der Waals surface area (Å²) in [5, 5.41) is 14.5. The summed E-state index contributed by atoms with van der Waals surface area (Å²) in [6, 6.07) is 6.04. The van der Waals surface area contributed by atoms with Crippen LogP contribution in [0.1, 0.15) is 19.4 Å². The molecule has 0 aromatic heterocycles. The van der Waals surface area contributed by atoms with Gasteiger partial charge < -0.3 is 5.32 Å². The molecule has 0 amide bonds. The first kappa shape index (κ1) is 14.4. The summed E-state index contributed by atoms with van der Waals surface area (Å²) in [4.78, 5) is 13.1. The highest BCUT2D eigenvalue weighted by Gasteiger charge is 2.26. The Balaban J connectivity index is 2.24. The van der Waals surface area contributed by atoms with E-state index in [-0.39, 0.29) is 10.6 Å². The lowest BCUT2D eigenvalue weighted by Gasteiger charge is -2.39. The molecule has 6 heteroatoms. The van der Waals surface area contributed by atoms with Gasteiger partial charge in [0.2, 0.25) is 0 Å². The van der Waals surface area contributed by atoms with Gasteiger partial charge in [0.1, 0.15) is 0 Å². The third-order valence-corrected chi connectivity index (χ3v) is 4.10. The largest absolute Gasteiger partial charge is 0.314 e. The minimum atomic E-state index is -0.308. The molecule has 1 saturated heterocycles. The van der Waals surface area contributed by atoms with Crippen molar-refractivity contribution in [2.45, 2.75) is 32.5 Å². The number of halogens is 1. The van der Waals surface area contributed by atoms with Gasteiger partial charge in [0.25, 0.3) is 5.69 Å². The molecule has 1 aliphatic rings. The maximum Gasteiger partial charge on any atom is 0.275 e. The normalized spacial score (nSPS) is 24.4. The zero-order valence-corrected chi connectivity index (χ0v) is 12.7. The first-order valence-electron chi connectivity index (χ1n) is 6.38. The number of nitro groups is 1. The molecule has 1 heterocycles. The Morgan fingerprint density at radius 2 is 2.05 bits per heavy atom. The first-order chi connectivity index (χ1) is 8.99. The maximum absolute atomic E-state index is 11.1. The highest BCUT2D eigenvalue weighted by atomic mass is 79.9. The summed E-state index contributed by atoms with van der Waals surface area (Å²) in [6.07, 6.45) is 0. The second-order valence-electron chi connectivity index (χ2n) is 5.06. The molecule has 0 spiro atoms. The van der Waals surface area contributed by atoms with Gasteiger partial charge >= 0.3 is 0 Å². The van der Waals surface area contributed by atoms with Crippen LogP contribution < -0.4 is 5.32 Å². The third-order valence-electron chi connectivity index (χ3n) is 3.61. The molecule has 1 aliphatic heterocycles. The number of nitrogens with one attached hydrogen (secondary N) is 1. The Kier molecular flexibility index (Phi) is 4.54. The van der Waals surface area contributed by atoms with E-state index < -0.39 is 0 Å². The van der Waals surface area contributed by atoms with Crippen molar-refractivity contribution in [2.75, 3.05) is 13.1 Å². The highest BCUT2D eigenvalue weighted by molar-refractivity contribution is 9.10. The van der Waals surface area contributed by atoms with Gasteiger partial charge in [0.05, 0.1) is 4.92 Å². The van der Waals surface area contributed by atoms with Crippen molar-refractivity contribution >= 4 is 21.6 Å². The summed E-state index contributed by atoms with van der Waals surface area (Å²) >= 11 is 3.29. The molecule has 0 bridgehead atoms. The molecule has 1 aromatic carbocycles. The minimum absolute atomic E-state index is 0.187. The monoisotopic (exact) mass is 327 g/mol. The molecule has 1 fully saturated rings. The number of nitrogens with zero attached hydrogens (tertiary/aromatic N) is 2. The molecule has 1 N–H and O–H groups in total. The second-order valence-corrected chi connectivity index (χ2v) is 5.97. The molecule has 104 valence electrons. The zero-order valence-electron chi connectivity index (χ0n) is 11.1. The van der Waals surface area contributed by atoms with Gasteiger partial charge in [-0.1, -0.05) is 15.9 Å². The van der Waals surface area contributed by atoms with Crippen LogP contribution in [0.2, 0.25) is 0 Å². The zero-order chi connectivity index (χ0) is 14.0. The molecule has 1 aromatic rings. The van der Waals surface area contributed by atoms with Gasteiger partial charge in [-0.3, -0.25) is 15.0 Å². The van der Waals surface area contributed by atoms with E-state index >= 15 is 0 Å². The Hall–Kier alpha value is -0.980. The van der Waals surface area contributed by atoms with E-state index in [0.717, 1.165) is 23.1 Å². The van der Waals surface area contributed by atoms with Gasteiger partial charge in [0, 0.05) is 47.8 Å².